The minimum absolute atomic E-state index is 0.203. The molecule has 2 aliphatic heterocycles. The lowest BCUT2D eigenvalue weighted by Gasteiger charge is -2.36. The number of rotatable bonds is 5. The lowest BCUT2D eigenvalue weighted by molar-refractivity contribution is 0.0868. The second-order valence-corrected chi connectivity index (χ2v) is 6.92. The predicted molar refractivity (Wildman–Crippen MR) is 104 cm³/mol. The lowest BCUT2D eigenvalue weighted by atomic mass is 10.0. The second kappa shape index (κ2) is 8.43. The van der Waals surface area contributed by atoms with Crippen molar-refractivity contribution in [2.75, 3.05) is 32.8 Å². The highest BCUT2D eigenvalue weighted by atomic mass is 16.6. The number of piperazine rings is 1. The maximum Gasteiger partial charge on any atom is 0.409 e. The molecule has 2 heterocycles. The fourth-order valence-electron chi connectivity index (χ4n) is 3.45. The number of aliphatic imine (C=N–C) groups is 1. The van der Waals surface area contributed by atoms with E-state index in [2.05, 4.69) is 35.1 Å². The topological polar surface area (TPSA) is 57.2 Å². The quantitative estimate of drug-likeness (QED) is 0.820. The molecule has 26 heavy (non-hydrogen) atoms. The van der Waals surface area contributed by atoms with Crippen molar-refractivity contribution in [2.45, 2.75) is 40.0 Å². The zero-order valence-corrected chi connectivity index (χ0v) is 16.1. The first kappa shape index (κ1) is 18.5. The van der Waals surface area contributed by atoms with Crippen molar-refractivity contribution in [2.24, 2.45) is 10.9 Å². The monoisotopic (exact) mass is 358 g/mol. The molecule has 0 radical (unpaired) electrons. The molecule has 0 atom stereocenters. The van der Waals surface area contributed by atoms with Crippen molar-refractivity contribution in [1.82, 2.24) is 15.1 Å². The molecule has 1 aliphatic carbocycles. The van der Waals surface area contributed by atoms with E-state index in [4.69, 9.17) is 4.74 Å². The maximum absolute atomic E-state index is 11.9. The zero-order valence-electron chi connectivity index (χ0n) is 16.1. The van der Waals surface area contributed by atoms with Crippen molar-refractivity contribution < 1.29 is 9.53 Å². The number of nitrogens with zero attached hydrogens (tertiary/aromatic N) is 3. The van der Waals surface area contributed by atoms with Crippen molar-refractivity contribution >= 4 is 11.9 Å². The molecular formula is C20H30N4O2. The summed E-state index contributed by atoms with van der Waals surface area (Å²) in [7, 11) is 0. The van der Waals surface area contributed by atoms with Gasteiger partial charge in [-0.15, -0.1) is 0 Å². The Balaban J connectivity index is 1.71. The van der Waals surface area contributed by atoms with Crippen LogP contribution < -0.4 is 5.32 Å². The highest BCUT2D eigenvalue weighted by molar-refractivity contribution is 6.06. The normalized spacial score (nSPS) is 22.4. The van der Waals surface area contributed by atoms with Crippen LogP contribution in [0.3, 0.4) is 0 Å². The van der Waals surface area contributed by atoms with Crippen LogP contribution in [0, 0.1) is 5.92 Å². The third kappa shape index (κ3) is 4.11. The summed E-state index contributed by atoms with van der Waals surface area (Å²) in [5.41, 5.74) is 3.86. The summed E-state index contributed by atoms with van der Waals surface area (Å²) < 4.78 is 5.12. The number of allylic oxidation sites excluding steroid dienone is 2. The van der Waals surface area contributed by atoms with Crippen LogP contribution in [0.1, 0.15) is 40.0 Å². The Morgan fingerprint density at radius 2 is 1.96 bits per heavy atom. The SMILES string of the molecule is CC/C=C/NC1=NC=C(C2CC2)/C1=C(/C)N1CCN(C(=O)OCC)CC1. The molecule has 1 N–H and O–H groups in total. The number of ether oxygens (including phenoxy) is 1. The van der Waals surface area contributed by atoms with E-state index in [-0.39, 0.29) is 6.09 Å². The Kier molecular flexibility index (Phi) is 6.01. The lowest BCUT2D eigenvalue weighted by Crippen LogP contribution is -2.48. The number of carbonyl (C=O) groups excluding carboxylic acids is 1. The van der Waals surface area contributed by atoms with Gasteiger partial charge in [0.05, 0.1) is 6.61 Å². The van der Waals surface area contributed by atoms with E-state index in [0.717, 1.165) is 25.3 Å². The summed E-state index contributed by atoms with van der Waals surface area (Å²) in [6, 6.07) is 0. The largest absolute Gasteiger partial charge is 0.450 e. The summed E-state index contributed by atoms with van der Waals surface area (Å²) in [4.78, 5) is 20.7. The first-order valence-corrected chi connectivity index (χ1v) is 9.73. The summed E-state index contributed by atoms with van der Waals surface area (Å²) >= 11 is 0. The predicted octanol–water partition coefficient (Wildman–Crippen LogP) is 3.25. The van der Waals surface area contributed by atoms with E-state index in [1.165, 1.54) is 29.7 Å². The molecule has 3 rings (SSSR count). The molecule has 1 saturated carbocycles. The number of hydrogen-bond donors (Lipinski definition) is 1. The fourth-order valence-corrected chi connectivity index (χ4v) is 3.45. The van der Waals surface area contributed by atoms with Crippen LogP contribution in [0.5, 0.6) is 0 Å². The zero-order chi connectivity index (χ0) is 18.5. The molecule has 6 heteroatoms. The van der Waals surface area contributed by atoms with Crippen molar-refractivity contribution in [3.63, 3.8) is 0 Å². The van der Waals surface area contributed by atoms with Gasteiger partial charge in [0.25, 0.3) is 0 Å². The van der Waals surface area contributed by atoms with E-state index in [0.29, 0.717) is 25.6 Å². The van der Waals surface area contributed by atoms with Crippen LogP contribution in [0.15, 0.2) is 40.3 Å². The van der Waals surface area contributed by atoms with Gasteiger partial charge < -0.3 is 19.9 Å². The highest BCUT2D eigenvalue weighted by Gasteiger charge is 2.34. The molecule has 0 spiro atoms. The van der Waals surface area contributed by atoms with Gasteiger partial charge >= 0.3 is 6.09 Å². The van der Waals surface area contributed by atoms with Crippen molar-refractivity contribution in [3.05, 3.63) is 35.3 Å². The molecule has 6 nitrogen and oxygen atoms in total. The molecule has 0 bridgehead atoms. The summed E-state index contributed by atoms with van der Waals surface area (Å²) in [5.74, 6) is 1.60. The number of carbonyl (C=O) groups is 1. The third-order valence-electron chi connectivity index (χ3n) is 5.09. The van der Waals surface area contributed by atoms with Gasteiger partial charge in [0.15, 0.2) is 0 Å². The molecule has 0 aromatic rings. The number of amidine groups is 1. The van der Waals surface area contributed by atoms with Gasteiger partial charge in [-0.3, -0.25) is 0 Å². The van der Waals surface area contributed by atoms with Crippen LogP contribution in [0.25, 0.3) is 0 Å². The summed E-state index contributed by atoms with van der Waals surface area (Å²) in [6.07, 6.45) is 9.42. The Hall–Kier alpha value is -2.24. The van der Waals surface area contributed by atoms with Crippen LogP contribution in [0.2, 0.25) is 0 Å². The molecule has 0 aromatic heterocycles. The van der Waals surface area contributed by atoms with Gasteiger partial charge in [0, 0.05) is 43.6 Å². The summed E-state index contributed by atoms with van der Waals surface area (Å²) in [5, 5.41) is 3.36. The average molecular weight is 358 g/mol. The fraction of sp³-hybridized carbons (Fsp3) is 0.600. The Morgan fingerprint density at radius 1 is 1.27 bits per heavy atom. The third-order valence-corrected chi connectivity index (χ3v) is 5.09. The van der Waals surface area contributed by atoms with Gasteiger partial charge in [-0.25, -0.2) is 9.79 Å². The van der Waals surface area contributed by atoms with Crippen molar-refractivity contribution in [3.8, 4) is 0 Å². The first-order valence-electron chi connectivity index (χ1n) is 9.73. The minimum Gasteiger partial charge on any atom is -0.450 e. The van der Waals surface area contributed by atoms with E-state index < -0.39 is 0 Å². The molecule has 1 amide bonds. The molecule has 1 saturated heterocycles. The van der Waals surface area contributed by atoms with E-state index in [1.54, 1.807) is 4.90 Å². The molecule has 0 unspecified atom stereocenters. The van der Waals surface area contributed by atoms with Crippen LogP contribution >= 0.6 is 0 Å². The van der Waals surface area contributed by atoms with E-state index in [1.807, 2.05) is 19.3 Å². The van der Waals surface area contributed by atoms with E-state index in [9.17, 15) is 4.79 Å². The molecular weight excluding hydrogens is 328 g/mol. The first-order chi connectivity index (χ1) is 12.7. The number of hydrogen-bond acceptors (Lipinski definition) is 5. The van der Waals surface area contributed by atoms with Gasteiger partial charge in [-0.2, -0.15) is 0 Å². The van der Waals surface area contributed by atoms with Crippen LogP contribution in [0.4, 0.5) is 4.79 Å². The maximum atomic E-state index is 11.9. The standard InChI is InChI=1S/C20H30N4O2/c1-4-6-9-21-19-18(17(14-22-19)16-7-8-16)15(3)23-10-12-24(13-11-23)20(25)26-5-2/h6,9,14,16H,4-5,7-8,10-13H2,1-3H3,(H,21,22)/b9-6+,18-15+. The van der Waals surface area contributed by atoms with Crippen LogP contribution in [-0.4, -0.2) is 54.5 Å². The molecule has 0 aromatic carbocycles. The van der Waals surface area contributed by atoms with Gasteiger partial charge in [-0.05, 0) is 50.8 Å². The average Bonchev–Trinajstić information content (AvgIpc) is 3.42. The Morgan fingerprint density at radius 3 is 2.58 bits per heavy atom. The van der Waals surface area contributed by atoms with E-state index >= 15 is 0 Å². The molecule has 142 valence electrons. The van der Waals surface area contributed by atoms with Crippen molar-refractivity contribution in [1.29, 1.82) is 0 Å². The number of amides is 1. The molecule has 3 aliphatic rings. The Bertz CT molecular complexity index is 651. The van der Waals surface area contributed by atoms with Gasteiger partial charge in [-0.1, -0.05) is 13.0 Å². The van der Waals surface area contributed by atoms with Gasteiger partial charge in [0.1, 0.15) is 5.84 Å². The summed E-state index contributed by atoms with van der Waals surface area (Å²) in [6.45, 7) is 9.60. The smallest absolute Gasteiger partial charge is 0.409 e. The Labute approximate surface area is 156 Å². The minimum atomic E-state index is -0.203. The second-order valence-electron chi connectivity index (χ2n) is 6.92. The number of nitrogens with one attached hydrogen (secondary N) is 1. The van der Waals surface area contributed by atoms with Gasteiger partial charge in [0.2, 0.25) is 0 Å². The highest BCUT2D eigenvalue weighted by Crippen LogP contribution is 2.43. The van der Waals surface area contributed by atoms with Crippen LogP contribution in [-0.2, 0) is 4.74 Å². The molecule has 2 fully saturated rings.